The van der Waals surface area contributed by atoms with Crippen LogP contribution in [0.25, 0.3) is 0 Å². The number of aromatic nitrogens is 1. The molecule has 2 rings (SSSR count). The molecule has 0 unspecified atom stereocenters. The quantitative estimate of drug-likeness (QED) is 0.344. The average Bonchev–Trinajstić information content (AvgIpc) is 2.86. The summed E-state index contributed by atoms with van der Waals surface area (Å²) in [5, 5.41) is 37.6. The number of ether oxygens (including phenoxy) is 2. The first-order chi connectivity index (χ1) is 11.8. The second kappa shape index (κ2) is 8.01. The maximum Gasteiger partial charge on any atom is 0.341 e. The van der Waals surface area contributed by atoms with Gasteiger partial charge in [0.1, 0.15) is 24.4 Å². The fraction of sp³-hybridized carbons (Fsp3) is 0.467. The molecular weight excluding hydrogens is 338 g/mol. The standard InChI is InChI=1S/C15H17NO9/c17-10(18)3-4-11(19)24-7-9-12(20)13(21)14(25-9)16-5-1-2-8(6-16)15(22)23/h1-2,5-6,9,12-14,20-21H,3-4,7H2,(H-,17,18,22,23)/p+1/t9-,12-,13-,14-/m1/s1. The topological polar surface area (TPSA) is 154 Å². The Morgan fingerprint density at radius 1 is 1.16 bits per heavy atom. The molecule has 4 N–H and O–H groups in total. The monoisotopic (exact) mass is 356 g/mol. The number of aliphatic carboxylic acids is 1. The second-order valence-electron chi connectivity index (χ2n) is 5.47. The summed E-state index contributed by atoms with van der Waals surface area (Å²) in [6.07, 6.45) is -2.81. The van der Waals surface area contributed by atoms with E-state index < -0.39 is 42.4 Å². The van der Waals surface area contributed by atoms with Crippen LogP contribution >= 0.6 is 0 Å². The smallest absolute Gasteiger partial charge is 0.341 e. The van der Waals surface area contributed by atoms with Crippen LogP contribution in [0.15, 0.2) is 24.5 Å². The highest BCUT2D eigenvalue weighted by Crippen LogP contribution is 2.25. The fourth-order valence-corrected chi connectivity index (χ4v) is 2.35. The Balaban J connectivity index is 1.98. The van der Waals surface area contributed by atoms with Crippen molar-refractivity contribution in [2.75, 3.05) is 6.61 Å². The van der Waals surface area contributed by atoms with Crippen molar-refractivity contribution in [3.63, 3.8) is 0 Å². The number of carbonyl (C=O) groups excluding carboxylic acids is 1. The van der Waals surface area contributed by atoms with Crippen LogP contribution in [-0.2, 0) is 19.1 Å². The third kappa shape index (κ3) is 4.72. The molecule has 136 valence electrons. The number of carboxylic acid groups (broad SMARTS) is 2. The summed E-state index contributed by atoms with van der Waals surface area (Å²) in [7, 11) is 0. The molecule has 1 aromatic rings. The lowest BCUT2D eigenvalue weighted by Crippen LogP contribution is -2.46. The van der Waals surface area contributed by atoms with Gasteiger partial charge in [0.25, 0.3) is 6.23 Å². The van der Waals surface area contributed by atoms with Crippen LogP contribution in [0.2, 0.25) is 0 Å². The lowest BCUT2D eigenvalue weighted by atomic mass is 10.1. The van der Waals surface area contributed by atoms with Crippen LogP contribution in [0.1, 0.15) is 29.4 Å². The van der Waals surface area contributed by atoms with Crippen molar-refractivity contribution in [1.82, 2.24) is 0 Å². The Morgan fingerprint density at radius 3 is 2.52 bits per heavy atom. The van der Waals surface area contributed by atoms with E-state index in [0.717, 1.165) is 0 Å². The van der Waals surface area contributed by atoms with Crippen LogP contribution in [0, 0.1) is 0 Å². The lowest BCUT2D eigenvalue weighted by molar-refractivity contribution is -0.765. The zero-order chi connectivity index (χ0) is 18.6. The number of nitrogens with zero attached hydrogens (tertiary/aromatic N) is 1. The maximum absolute atomic E-state index is 11.4. The predicted octanol–water partition coefficient (Wildman–Crippen LogP) is -1.30. The predicted molar refractivity (Wildman–Crippen MR) is 77.3 cm³/mol. The van der Waals surface area contributed by atoms with E-state index in [0.29, 0.717) is 0 Å². The van der Waals surface area contributed by atoms with Crippen molar-refractivity contribution in [3.8, 4) is 0 Å². The molecule has 1 saturated heterocycles. The molecule has 0 amide bonds. The normalized spacial score (nSPS) is 25.5. The highest BCUT2D eigenvalue weighted by Gasteiger charge is 2.48. The number of aliphatic hydroxyl groups is 2. The third-order valence-electron chi connectivity index (χ3n) is 3.65. The molecule has 0 radical (unpaired) electrons. The van der Waals surface area contributed by atoms with Gasteiger partial charge in [-0.1, -0.05) is 0 Å². The Labute approximate surface area is 141 Å². The van der Waals surface area contributed by atoms with E-state index in [1.807, 2.05) is 0 Å². The zero-order valence-electron chi connectivity index (χ0n) is 13.0. The molecular formula is C15H18NO9+. The van der Waals surface area contributed by atoms with Gasteiger partial charge in [-0.15, -0.1) is 0 Å². The molecule has 0 aliphatic carbocycles. The summed E-state index contributed by atoms with van der Waals surface area (Å²) >= 11 is 0. The summed E-state index contributed by atoms with van der Waals surface area (Å²) < 4.78 is 11.6. The first-order valence-corrected chi connectivity index (χ1v) is 7.42. The summed E-state index contributed by atoms with van der Waals surface area (Å²) in [5.41, 5.74) is -0.0312. The average molecular weight is 356 g/mol. The molecule has 0 bridgehead atoms. The fourth-order valence-electron chi connectivity index (χ4n) is 2.35. The highest BCUT2D eigenvalue weighted by molar-refractivity contribution is 5.86. The van der Waals surface area contributed by atoms with Gasteiger partial charge in [0.15, 0.2) is 18.5 Å². The molecule has 4 atom stereocenters. The number of hydrogen-bond acceptors (Lipinski definition) is 7. The molecule has 1 fully saturated rings. The largest absolute Gasteiger partial charge is 0.481 e. The van der Waals surface area contributed by atoms with Crippen molar-refractivity contribution < 1.29 is 48.9 Å². The van der Waals surface area contributed by atoms with Crippen molar-refractivity contribution >= 4 is 17.9 Å². The number of pyridine rings is 1. The van der Waals surface area contributed by atoms with Crippen LogP contribution in [-0.4, -0.2) is 63.3 Å². The number of hydrogen-bond donors (Lipinski definition) is 4. The minimum Gasteiger partial charge on any atom is -0.481 e. The van der Waals surface area contributed by atoms with E-state index >= 15 is 0 Å². The van der Waals surface area contributed by atoms with Crippen LogP contribution < -0.4 is 4.57 Å². The van der Waals surface area contributed by atoms with Gasteiger partial charge in [-0.05, 0) is 6.07 Å². The molecule has 0 aromatic carbocycles. The van der Waals surface area contributed by atoms with Gasteiger partial charge in [0.2, 0.25) is 0 Å². The molecule has 1 aliphatic heterocycles. The van der Waals surface area contributed by atoms with E-state index in [-0.39, 0.29) is 25.0 Å². The minimum atomic E-state index is -1.36. The van der Waals surface area contributed by atoms with E-state index in [9.17, 15) is 24.6 Å². The Morgan fingerprint density at radius 2 is 1.88 bits per heavy atom. The number of carbonyl (C=O) groups is 3. The minimum absolute atomic E-state index is 0.0312. The van der Waals surface area contributed by atoms with Gasteiger partial charge in [0.05, 0.1) is 12.8 Å². The van der Waals surface area contributed by atoms with E-state index in [4.69, 9.17) is 19.7 Å². The molecule has 0 saturated carbocycles. The number of carboxylic acids is 2. The molecule has 0 spiro atoms. The maximum atomic E-state index is 11.4. The second-order valence-corrected chi connectivity index (χ2v) is 5.47. The molecule has 25 heavy (non-hydrogen) atoms. The van der Waals surface area contributed by atoms with Gasteiger partial charge >= 0.3 is 17.9 Å². The Bertz CT molecular complexity index is 662. The van der Waals surface area contributed by atoms with E-state index in [1.165, 1.54) is 29.1 Å². The zero-order valence-corrected chi connectivity index (χ0v) is 13.0. The Kier molecular flexibility index (Phi) is 6.02. The van der Waals surface area contributed by atoms with E-state index in [1.54, 1.807) is 0 Å². The third-order valence-corrected chi connectivity index (χ3v) is 3.65. The summed E-state index contributed by atoms with van der Waals surface area (Å²) in [6.45, 7) is -0.369. The van der Waals surface area contributed by atoms with Crippen LogP contribution in [0.4, 0.5) is 0 Å². The van der Waals surface area contributed by atoms with Crippen molar-refractivity contribution in [1.29, 1.82) is 0 Å². The van der Waals surface area contributed by atoms with Gasteiger partial charge in [-0.2, -0.15) is 4.57 Å². The van der Waals surface area contributed by atoms with Gasteiger partial charge in [0, 0.05) is 6.07 Å². The van der Waals surface area contributed by atoms with Gasteiger partial charge in [-0.25, -0.2) is 4.79 Å². The SMILES string of the molecule is O=C(O)CCC(=O)OC[C@H]1O[C@@H]([n+]2cccc(C(=O)O)c2)[C@H](O)[C@@H]1O. The lowest BCUT2D eigenvalue weighted by Gasteiger charge is -2.13. The first kappa shape index (κ1) is 18.8. The molecule has 1 aliphatic rings. The number of aliphatic hydroxyl groups excluding tert-OH is 2. The molecule has 1 aromatic heterocycles. The van der Waals surface area contributed by atoms with Crippen molar-refractivity contribution in [3.05, 3.63) is 30.1 Å². The molecule has 10 nitrogen and oxygen atoms in total. The van der Waals surface area contributed by atoms with E-state index in [2.05, 4.69) is 0 Å². The molecule has 2 heterocycles. The van der Waals surface area contributed by atoms with Gasteiger partial charge in [-0.3, -0.25) is 9.59 Å². The van der Waals surface area contributed by atoms with Gasteiger partial charge < -0.3 is 29.9 Å². The molecule has 10 heteroatoms. The summed E-state index contributed by atoms with van der Waals surface area (Å²) in [6, 6.07) is 2.81. The number of aromatic carboxylic acids is 1. The number of esters is 1. The summed E-state index contributed by atoms with van der Waals surface area (Å²) in [4.78, 5) is 32.8. The van der Waals surface area contributed by atoms with Crippen molar-refractivity contribution in [2.24, 2.45) is 0 Å². The van der Waals surface area contributed by atoms with Crippen LogP contribution in [0.5, 0.6) is 0 Å². The Hall–Kier alpha value is -2.56. The summed E-state index contributed by atoms with van der Waals surface area (Å²) in [5.74, 6) is -3.07. The van der Waals surface area contributed by atoms with Crippen molar-refractivity contribution in [2.45, 2.75) is 37.4 Å². The highest BCUT2D eigenvalue weighted by atomic mass is 16.6. The number of rotatable bonds is 7. The van der Waals surface area contributed by atoms with Crippen LogP contribution in [0.3, 0.4) is 0 Å². The first-order valence-electron chi connectivity index (χ1n) is 7.42.